The molecule has 0 aliphatic heterocycles. The van der Waals surface area contributed by atoms with Crippen LogP contribution in [-0.2, 0) is 23.7 Å². The van der Waals surface area contributed by atoms with Crippen molar-refractivity contribution in [2.75, 3.05) is 26.2 Å². The zero-order valence-electron chi connectivity index (χ0n) is 29.0. The quantitative estimate of drug-likeness (QED) is 0.161. The van der Waals surface area contributed by atoms with Crippen molar-refractivity contribution in [2.24, 2.45) is 18.9 Å². The number of carbonyl (C=O) groups is 1. The van der Waals surface area contributed by atoms with Gasteiger partial charge in [-0.05, 0) is 98.9 Å². The molecule has 0 fully saturated rings. The number of H-pyrrole nitrogens is 1. The molecule has 0 spiro atoms. The largest absolute Gasteiger partial charge is 0.341 e. The van der Waals surface area contributed by atoms with Gasteiger partial charge in [0, 0.05) is 50.5 Å². The third kappa shape index (κ3) is 8.12. The lowest BCUT2D eigenvalue weighted by Gasteiger charge is -2.34. The van der Waals surface area contributed by atoms with Gasteiger partial charge in [-0.15, -0.1) is 0 Å². The maximum absolute atomic E-state index is 14.1. The first-order chi connectivity index (χ1) is 21.2. The summed E-state index contributed by atoms with van der Waals surface area (Å²) >= 11 is 0. The molecular weight excluding hydrogens is 558 g/mol. The average Bonchev–Trinajstić information content (AvgIpc) is 3.34. The molecule has 0 radical (unpaired) electrons. The van der Waals surface area contributed by atoms with Crippen molar-refractivity contribution in [3.05, 3.63) is 87.0 Å². The molecule has 7 heteroatoms. The van der Waals surface area contributed by atoms with Crippen LogP contribution in [0.15, 0.2) is 53.6 Å². The fraction of sp³-hybridized carbons (Fsp3) is 0.500. The number of benzene rings is 1. The minimum absolute atomic E-state index is 0.00369. The van der Waals surface area contributed by atoms with Crippen molar-refractivity contribution in [1.82, 2.24) is 24.8 Å². The van der Waals surface area contributed by atoms with Crippen LogP contribution in [-0.4, -0.2) is 51.5 Å². The molecule has 1 unspecified atom stereocenters. The van der Waals surface area contributed by atoms with E-state index >= 15 is 0 Å². The summed E-state index contributed by atoms with van der Waals surface area (Å²) < 4.78 is 1.63. The molecule has 3 heterocycles. The molecule has 3 aromatic heterocycles. The highest BCUT2D eigenvalue weighted by Gasteiger charge is 2.35. The number of aromatic amines is 1. The zero-order valence-corrected chi connectivity index (χ0v) is 29.0. The van der Waals surface area contributed by atoms with E-state index < -0.39 is 5.41 Å². The van der Waals surface area contributed by atoms with Crippen LogP contribution in [0.4, 0.5) is 0 Å². The van der Waals surface area contributed by atoms with E-state index in [0.717, 1.165) is 66.0 Å². The zero-order chi connectivity index (χ0) is 33.1. The summed E-state index contributed by atoms with van der Waals surface area (Å²) in [7, 11) is 1.79. The first kappa shape index (κ1) is 34.2. The van der Waals surface area contributed by atoms with Gasteiger partial charge in [0.2, 0.25) is 11.5 Å². The fourth-order valence-corrected chi connectivity index (χ4v) is 6.38. The topological polar surface area (TPSA) is 83.0 Å². The lowest BCUT2D eigenvalue weighted by Crippen LogP contribution is -2.46. The maximum Gasteiger partial charge on any atom is 0.250 e. The number of hydrogen-bond acceptors (Lipinski definition) is 4. The summed E-state index contributed by atoms with van der Waals surface area (Å²) in [4.78, 5) is 36.5. The molecule has 4 aromatic rings. The van der Waals surface area contributed by atoms with Crippen molar-refractivity contribution >= 4 is 16.9 Å². The highest BCUT2D eigenvalue weighted by atomic mass is 16.2. The van der Waals surface area contributed by atoms with Crippen LogP contribution in [0.5, 0.6) is 0 Å². The fourth-order valence-electron chi connectivity index (χ4n) is 6.38. The maximum atomic E-state index is 14.1. The van der Waals surface area contributed by atoms with E-state index in [4.69, 9.17) is 4.98 Å². The van der Waals surface area contributed by atoms with Gasteiger partial charge in [0.15, 0.2) is 0 Å². The van der Waals surface area contributed by atoms with Crippen LogP contribution in [0.2, 0.25) is 0 Å². The van der Waals surface area contributed by atoms with E-state index in [0.29, 0.717) is 11.8 Å². The third-order valence-corrected chi connectivity index (χ3v) is 8.60. The van der Waals surface area contributed by atoms with E-state index in [-0.39, 0.29) is 17.4 Å². The Kier molecular flexibility index (Phi) is 10.7. The van der Waals surface area contributed by atoms with E-state index in [1.54, 1.807) is 17.7 Å². The van der Waals surface area contributed by atoms with Gasteiger partial charge in [-0.1, -0.05) is 57.9 Å². The Morgan fingerprint density at radius 1 is 1.00 bits per heavy atom. The van der Waals surface area contributed by atoms with Gasteiger partial charge in [0.1, 0.15) is 5.65 Å². The number of carbonyl (C=O) groups excluding carboxylic acids is 1. The minimum atomic E-state index is -0.725. The van der Waals surface area contributed by atoms with Crippen LogP contribution < -0.4 is 10.9 Å². The third-order valence-electron chi connectivity index (χ3n) is 8.60. The second-order valence-corrected chi connectivity index (χ2v) is 14.4. The number of aryl methyl sites for hydroxylation is 3. The normalized spacial score (nSPS) is 12.8. The van der Waals surface area contributed by atoms with Crippen LogP contribution in [0, 0.1) is 25.7 Å². The first-order valence-corrected chi connectivity index (χ1v) is 16.4. The molecule has 4 rings (SSSR count). The van der Waals surface area contributed by atoms with Gasteiger partial charge in [-0.3, -0.25) is 9.59 Å². The Labute approximate surface area is 269 Å². The minimum Gasteiger partial charge on any atom is -0.341 e. The molecular formula is C38H53N5O2. The molecule has 1 amide bonds. The van der Waals surface area contributed by atoms with Crippen LogP contribution >= 0.6 is 0 Å². The predicted molar refractivity (Wildman–Crippen MR) is 187 cm³/mol. The number of amides is 1. The summed E-state index contributed by atoms with van der Waals surface area (Å²) in [6.07, 6.45) is 4.62. The van der Waals surface area contributed by atoms with Gasteiger partial charge in [0.25, 0.3) is 0 Å². The van der Waals surface area contributed by atoms with Crippen LogP contribution in [0.1, 0.15) is 82.2 Å². The molecule has 242 valence electrons. The number of fused-ring (bicyclic) bond motifs is 1. The summed E-state index contributed by atoms with van der Waals surface area (Å²) in [6, 6.07) is 12.4. The summed E-state index contributed by atoms with van der Waals surface area (Å²) in [5.41, 5.74) is 8.05. The molecule has 45 heavy (non-hydrogen) atoms. The summed E-state index contributed by atoms with van der Waals surface area (Å²) in [5.74, 6) is 1.10. The number of hydrogen-bond donors (Lipinski definition) is 2. The molecule has 0 bridgehead atoms. The summed E-state index contributed by atoms with van der Waals surface area (Å²) in [5, 5.41) is 4.72. The van der Waals surface area contributed by atoms with Gasteiger partial charge in [-0.2, -0.15) is 0 Å². The molecule has 0 aliphatic rings. The van der Waals surface area contributed by atoms with Gasteiger partial charge in [-0.25, -0.2) is 4.98 Å². The van der Waals surface area contributed by atoms with Crippen molar-refractivity contribution in [1.29, 1.82) is 0 Å². The number of nitrogens with one attached hydrogen (secondary N) is 2. The van der Waals surface area contributed by atoms with E-state index in [9.17, 15) is 9.59 Å². The smallest absolute Gasteiger partial charge is 0.250 e. The second kappa shape index (κ2) is 14.2. The number of pyridine rings is 2. The van der Waals surface area contributed by atoms with Crippen LogP contribution in [0.3, 0.4) is 0 Å². The highest BCUT2D eigenvalue weighted by Crippen LogP contribution is 2.38. The lowest BCUT2D eigenvalue weighted by atomic mass is 9.82. The Morgan fingerprint density at radius 2 is 1.64 bits per heavy atom. The highest BCUT2D eigenvalue weighted by molar-refractivity contribution is 5.92. The monoisotopic (exact) mass is 611 g/mol. The predicted octanol–water partition coefficient (Wildman–Crippen LogP) is 6.90. The Balaban J connectivity index is 1.70. The molecule has 7 nitrogen and oxygen atoms in total. The lowest BCUT2D eigenvalue weighted by molar-refractivity contribution is -0.137. The number of nitrogens with zero attached hydrogens (tertiary/aromatic N) is 3. The van der Waals surface area contributed by atoms with Crippen molar-refractivity contribution < 1.29 is 4.79 Å². The van der Waals surface area contributed by atoms with Crippen molar-refractivity contribution in [3.8, 4) is 11.3 Å². The number of rotatable bonds is 13. The molecule has 1 aromatic carbocycles. The Bertz CT molecular complexity index is 1660. The van der Waals surface area contributed by atoms with Crippen molar-refractivity contribution in [3.63, 3.8) is 0 Å². The molecule has 2 N–H and O–H groups in total. The summed E-state index contributed by atoms with van der Waals surface area (Å²) in [6.45, 7) is 22.3. The molecule has 0 saturated carbocycles. The molecule has 0 aliphatic carbocycles. The second-order valence-electron chi connectivity index (χ2n) is 14.4. The number of aromatic nitrogens is 3. The van der Waals surface area contributed by atoms with E-state index in [1.807, 2.05) is 37.2 Å². The SMILES string of the molecule is Cc1cc(C)cc(-c2[nH]c3ncc(C(C)(C)C(=O)N(CC(C)C)CC(C)C)cc3c2C(C)CNCCc2ccc(=O)n(C)c2)c1. The molecule has 0 saturated heterocycles. The Morgan fingerprint density at radius 3 is 2.24 bits per heavy atom. The van der Waals surface area contributed by atoms with E-state index in [2.05, 4.69) is 83.0 Å². The molecule has 1 atom stereocenters. The van der Waals surface area contributed by atoms with Gasteiger partial charge >= 0.3 is 0 Å². The van der Waals surface area contributed by atoms with E-state index in [1.165, 1.54) is 16.7 Å². The van der Waals surface area contributed by atoms with Gasteiger partial charge < -0.3 is 19.8 Å². The Hall–Kier alpha value is -3.71. The van der Waals surface area contributed by atoms with Crippen LogP contribution in [0.25, 0.3) is 22.3 Å². The first-order valence-electron chi connectivity index (χ1n) is 16.4. The van der Waals surface area contributed by atoms with Crippen molar-refractivity contribution in [2.45, 2.75) is 80.1 Å². The van der Waals surface area contributed by atoms with Gasteiger partial charge in [0.05, 0.1) is 11.1 Å². The average molecular weight is 612 g/mol. The standard InChI is InChI=1S/C38H53N5O2/c1-24(2)21-43(22-25(3)4)37(45)38(8,9)31-18-32-34(28(7)19-39-14-13-29-11-12-33(44)42(10)23-29)35(41-36(32)40-20-31)30-16-26(5)15-27(6)17-30/h11-12,15-18,20,23-25,28,39H,13-14,19,21-22H2,1-10H3,(H,40,41).